The van der Waals surface area contributed by atoms with Crippen molar-refractivity contribution < 1.29 is 34.3 Å². The molecule has 1 saturated heterocycles. The van der Waals surface area contributed by atoms with Crippen molar-refractivity contribution >= 4 is 5.97 Å². The highest BCUT2D eigenvalue weighted by atomic mass is 16.7. The van der Waals surface area contributed by atoms with Crippen LogP contribution in [0.3, 0.4) is 0 Å². The first-order valence-electron chi connectivity index (χ1n) is 8.88. The van der Waals surface area contributed by atoms with Gasteiger partial charge in [-0.15, -0.1) is 0 Å². The Bertz CT molecular complexity index is 897. The van der Waals surface area contributed by atoms with Gasteiger partial charge in [0.1, 0.15) is 25.4 Å². The van der Waals surface area contributed by atoms with Crippen molar-refractivity contribution in [1.29, 1.82) is 0 Å². The van der Waals surface area contributed by atoms with Gasteiger partial charge in [-0.3, -0.25) is 9.36 Å². The van der Waals surface area contributed by atoms with Gasteiger partial charge in [0.2, 0.25) is 5.79 Å². The van der Waals surface area contributed by atoms with Crippen molar-refractivity contribution in [2.75, 3.05) is 13.7 Å². The molecule has 0 unspecified atom stereocenters. The zero-order valence-corrected chi connectivity index (χ0v) is 15.7. The third kappa shape index (κ3) is 4.36. The summed E-state index contributed by atoms with van der Waals surface area (Å²) in [4.78, 5) is 28.1. The van der Waals surface area contributed by atoms with Crippen LogP contribution in [0.2, 0.25) is 0 Å². The van der Waals surface area contributed by atoms with Gasteiger partial charge in [0.25, 0.3) is 0 Å². The lowest BCUT2D eigenvalue weighted by Crippen LogP contribution is -2.47. The third-order valence-electron chi connectivity index (χ3n) is 4.68. The summed E-state index contributed by atoms with van der Waals surface area (Å²) in [6.07, 6.45) is -3.38. The van der Waals surface area contributed by atoms with E-state index in [-0.39, 0.29) is 18.7 Å². The maximum absolute atomic E-state index is 12.4. The number of hydrogen-bond donors (Lipinski definition) is 3. The van der Waals surface area contributed by atoms with Crippen LogP contribution in [-0.2, 0) is 32.0 Å². The van der Waals surface area contributed by atoms with E-state index in [9.17, 15) is 24.9 Å². The number of carbonyl (C=O) groups excluding carboxylic acids is 1. The van der Waals surface area contributed by atoms with Gasteiger partial charge in [-0.05, 0) is 11.6 Å². The number of aliphatic hydroxyl groups is 3. The van der Waals surface area contributed by atoms with Crippen LogP contribution in [0.1, 0.15) is 17.5 Å². The molecule has 0 spiro atoms. The number of rotatable bonds is 7. The molecule has 10 heteroatoms. The fourth-order valence-electron chi connectivity index (χ4n) is 3.02. The lowest BCUT2D eigenvalue weighted by molar-refractivity contribution is -0.269. The van der Waals surface area contributed by atoms with Gasteiger partial charge in [-0.25, -0.2) is 4.79 Å². The van der Waals surface area contributed by atoms with Crippen molar-refractivity contribution in [2.24, 2.45) is 0 Å². The molecule has 0 saturated carbocycles. The summed E-state index contributed by atoms with van der Waals surface area (Å²) in [7, 11) is 1.19. The second kappa shape index (κ2) is 8.80. The minimum atomic E-state index is -1.86. The molecule has 156 valence electrons. The highest BCUT2D eigenvalue weighted by Gasteiger charge is 2.55. The molecule has 2 aromatic rings. The van der Waals surface area contributed by atoms with Gasteiger partial charge in [0, 0.05) is 13.3 Å². The summed E-state index contributed by atoms with van der Waals surface area (Å²) in [6, 6.07) is 10.6. The van der Waals surface area contributed by atoms with E-state index in [2.05, 4.69) is 4.98 Å². The molecular weight excluding hydrogens is 384 g/mol. The number of hydrogen-bond acceptors (Lipinski definition) is 9. The second-order valence-corrected chi connectivity index (χ2v) is 6.55. The van der Waals surface area contributed by atoms with Gasteiger partial charge in [-0.2, -0.15) is 4.98 Å². The number of methoxy groups -OCH3 is 1. The zero-order valence-electron chi connectivity index (χ0n) is 15.7. The molecule has 1 aliphatic heterocycles. The predicted molar refractivity (Wildman–Crippen MR) is 97.4 cm³/mol. The molecule has 1 fully saturated rings. The van der Waals surface area contributed by atoms with Gasteiger partial charge in [0.05, 0.1) is 12.1 Å². The Morgan fingerprint density at radius 3 is 2.59 bits per heavy atom. The minimum absolute atomic E-state index is 0.108. The van der Waals surface area contributed by atoms with Gasteiger partial charge in [0.15, 0.2) is 6.23 Å². The van der Waals surface area contributed by atoms with Crippen LogP contribution in [0.5, 0.6) is 0 Å². The van der Waals surface area contributed by atoms with Crippen LogP contribution in [0.15, 0.2) is 47.4 Å². The quantitative estimate of drug-likeness (QED) is 0.500. The molecule has 29 heavy (non-hydrogen) atoms. The maximum Gasteiger partial charge on any atom is 0.350 e. The Balaban J connectivity index is 1.67. The lowest BCUT2D eigenvalue weighted by atomic mass is 10.1. The highest BCUT2D eigenvalue weighted by Crippen LogP contribution is 2.36. The average Bonchev–Trinajstić information content (AvgIpc) is 2.98. The normalized spacial score (nSPS) is 26.4. The first kappa shape index (κ1) is 21.1. The van der Waals surface area contributed by atoms with E-state index in [1.807, 2.05) is 30.3 Å². The van der Waals surface area contributed by atoms with E-state index in [1.54, 1.807) is 0 Å². The molecule has 0 amide bonds. The fraction of sp³-hybridized carbons (Fsp3) is 0.421. The van der Waals surface area contributed by atoms with Crippen molar-refractivity contribution in [2.45, 2.75) is 37.3 Å². The van der Waals surface area contributed by atoms with E-state index in [0.29, 0.717) is 0 Å². The molecular formula is C19H22N2O8. The monoisotopic (exact) mass is 406 g/mol. The molecule has 0 bridgehead atoms. The van der Waals surface area contributed by atoms with Crippen molar-refractivity contribution in [1.82, 2.24) is 9.55 Å². The summed E-state index contributed by atoms with van der Waals surface area (Å²) >= 11 is 0. The summed E-state index contributed by atoms with van der Waals surface area (Å²) in [5.74, 6) is -2.41. The molecule has 3 N–H and O–H groups in total. The molecule has 1 aromatic heterocycles. The highest BCUT2D eigenvalue weighted by molar-refractivity contribution is 5.71. The molecule has 1 aromatic carbocycles. The van der Waals surface area contributed by atoms with E-state index in [1.165, 1.54) is 19.4 Å². The molecule has 0 aliphatic carbocycles. The number of ether oxygens (including phenoxy) is 3. The van der Waals surface area contributed by atoms with Crippen LogP contribution < -0.4 is 5.69 Å². The van der Waals surface area contributed by atoms with Gasteiger partial charge < -0.3 is 29.5 Å². The van der Waals surface area contributed by atoms with Gasteiger partial charge in [-0.1, -0.05) is 30.3 Å². The maximum atomic E-state index is 12.4. The second-order valence-electron chi connectivity index (χ2n) is 6.55. The first-order valence-corrected chi connectivity index (χ1v) is 8.88. The lowest BCUT2D eigenvalue weighted by Gasteiger charge is -2.27. The molecule has 0 radical (unpaired) electrons. The first-order chi connectivity index (χ1) is 13.9. The average molecular weight is 406 g/mol. The van der Waals surface area contributed by atoms with E-state index in [0.717, 1.165) is 10.1 Å². The molecule has 10 nitrogen and oxygen atoms in total. The Hall–Kier alpha value is -2.63. The number of esters is 1. The SMILES string of the molecule is CO[C@]1(CO)O[C@@H](n2ccc(CC(=O)OCc3ccccc3)nc2=O)[C@H](O)[C@@H]1O. The molecule has 4 atom stereocenters. The summed E-state index contributed by atoms with van der Waals surface area (Å²) in [5.41, 5.74) is 0.206. The van der Waals surface area contributed by atoms with Crippen LogP contribution in [-0.4, -0.2) is 62.6 Å². The third-order valence-corrected chi connectivity index (χ3v) is 4.68. The van der Waals surface area contributed by atoms with Crippen LogP contribution in [0, 0.1) is 0 Å². The van der Waals surface area contributed by atoms with E-state index >= 15 is 0 Å². The molecule has 2 heterocycles. The Labute approximate surface area is 165 Å². The summed E-state index contributed by atoms with van der Waals surface area (Å²) < 4.78 is 16.5. The number of aromatic nitrogens is 2. The summed E-state index contributed by atoms with van der Waals surface area (Å²) in [5, 5.41) is 29.7. The zero-order chi connectivity index (χ0) is 21.0. The number of nitrogens with zero attached hydrogens (tertiary/aromatic N) is 2. The van der Waals surface area contributed by atoms with Crippen LogP contribution in [0.25, 0.3) is 0 Å². The predicted octanol–water partition coefficient (Wildman–Crippen LogP) is -0.885. The smallest absolute Gasteiger partial charge is 0.350 e. The van der Waals surface area contributed by atoms with Crippen molar-refractivity contribution in [3.05, 3.63) is 64.3 Å². The van der Waals surface area contributed by atoms with E-state index < -0.39 is 42.5 Å². The molecule has 3 rings (SSSR count). The standard InChI is InChI=1S/C19H22N2O8/c1-27-19(11-22)16(25)15(24)17(29-19)21-8-7-13(20-18(21)26)9-14(23)28-10-12-5-3-2-4-6-12/h2-8,15-17,22,24-25H,9-11H2,1H3/t15-,16+,17-,19-/m1/s1. The molecule has 1 aliphatic rings. The van der Waals surface area contributed by atoms with Gasteiger partial charge >= 0.3 is 11.7 Å². The summed E-state index contributed by atoms with van der Waals surface area (Å²) in [6.45, 7) is -0.622. The topological polar surface area (TPSA) is 140 Å². The number of aliphatic hydroxyl groups excluding tert-OH is 3. The minimum Gasteiger partial charge on any atom is -0.461 e. The van der Waals surface area contributed by atoms with Crippen molar-refractivity contribution in [3.63, 3.8) is 0 Å². The van der Waals surface area contributed by atoms with Crippen LogP contribution in [0.4, 0.5) is 0 Å². The van der Waals surface area contributed by atoms with E-state index in [4.69, 9.17) is 14.2 Å². The van der Waals surface area contributed by atoms with Crippen molar-refractivity contribution in [3.8, 4) is 0 Å². The Morgan fingerprint density at radius 2 is 2.00 bits per heavy atom. The Kier molecular flexibility index (Phi) is 6.40. The fourth-order valence-corrected chi connectivity index (χ4v) is 3.02. The number of carbonyl (C=O) groups is 1. The largest absolute Gasteiger partial charge is 0.461 e. The number of benzene rings is 1. The van der Waals surface area contributed by atoms with Crippen LogP contribution >= 0.6 is 0 Å². The Morgan fingerprint density at radius 1 is 1.28 bits per heavy atom.